The molecule has 0 bridgehead atoms. The van der Waals surface area contributed by atoms with Crippen molar-refractivity contribution in [1.82, 2.24) is 0 Å². The molecule has 18 atom stereocenters. The number of hydrogen-bond donors (Lipinski definition) is 2. The first-order chi connectivity index (χ1) is 33.4. The summed E-state index contributed by atoms with van der Waals surface area (Å²) in [7, 11) is 6.42. The number of aliphatic hydroxyl groups excluding tert-OH is 1. The van der Waals surface area contributed by atoms with Crippen LogP contribution < -0.4 is 0 Å². The summed E-state index contributed by atoms with van der Waals surface area (Å²) < 4.78 is 79.8. The zero-order valence-electron chi connectivity index (χ0n) is 45.5. The normalized spacial score (nSPS) is 39.7. The number of methoxy groups -OCH3 is 4. The van der Waals surface area contributed by atoms with E-state index >= 15 is 0 Å². The summed E-state index contributed by atoms with van der Waals surface area (Å²) in [6, 6.07) is 0. The first-order valence-corrected chi connectivity index (χ1v) is 26.0. The Morgan fingerprint density at radius 3 is 2.13 bits per heavy atom. The van der Waals surface area contributed by atoms with Gasteiger partial charge in [-0.05, 0) is 125 Å². The number of Topliss-reactive ketones (excluding diaryl/α,β-unsaturated/α-hetero) is 1. The fourth-order valence-electron chi connectivity index (χ4n) is 12.9. The van der Waals surface area contributed by atoms with Crippen molar-refractivity contribution < 1.29 is 81.4 Å². The zero-order valence-corrected chi connectivity index (χ0v) is 45.5. The Kier molecular flexibility index (Phi) is 19.7. The predicted octanol–water partition coefficient (Wildman–Crippen LogP) is 6.76. The third-order valence-corrected chi connectivity index (χ3v) is 17.9. The van der Waals surface area contributed by atoms with E-state index in [1.165, 1.54) is 5.57 Å². The number of carbonyl (C=O) groups excluding carboxylic acids is 2. The Morgan fingerprint density at radius 1 is 0.845 bits per heavy atom. The number of allylic oxidation sites excluding steroid dienone is 2. The highest BCUT2D eigenvalue weighted by atomic mass is 16.7. The second kappa shape index (κ2) is 23.9. The number of fused-ring (bicyclic) bond motifs is 5. The van der Waals surface area contributed by atoms with Gasteiger partial charge < -0.3 is 71.8 Å². The molecule has 3 saturated carbocycles. The lowest BCUT2D eigenvalue weighted by atomic mass is 9.45. The highest BCUT2D eigenvalue weighted by Gasteiger charge is 2.71. The van der Waals surface area contributed by atoms with Crippen LogP contribution in [0.25, 0.3) is 0 Å². The van der Waals surface area contributed by atoms with E-state index in [4.69, 9.17) is 61.6 Å². The number of ether oxygens (including phenoxy) is 13. The zero-order chi connectivity index (χ0) is 52.3. The molecule has 0 aromatic heterocycles. The summed E-state index contributed by atoms with van der Waals surface area (Å²) in [5.74, 6) is -0.728. The summed E-state index contributed by atoms with van der Waals surface area (Å²) in [5.41, 5.74) is -2.17. The Hall–Kier alpha value is -1.94. The molecule has 0 aromatic rings. The third-order valence-electron chi connectivity index (χ3n) is 17.9. The molecule has 5 fully saturated rings. The van der Waals surface area contributed by atoms with E-state index in [1.807, 2.05) is 48.5 Å². The maximum atomic E-state index is 13.3. The second-order valence-electron chi connectivity index (χ2n) is 22.7. The largest absolute Gasteiger partial charge is 0.458 e. The van der Waals surface area contributed by atoms with Gasteiger partial charge in [0.1, 0.15) is 49.9 Å². The van der Waals surface area contributed by atoms with E-state index in [0.717, 1.165) is 19.3 Å². The molecule has 4 aliphatic carbocycles. The fraction of sp³-hybridized carbons (Fsp3) is 0.889. The van der Waals surface area contributed by atoms with Gasteiger partial charge in [0.15, 0.2) is 12.6 Å². The topological polar surface area (TPSA) is 195 Å². The minimum absolute atomic E-state index is 0.0387. The van der Waals surface area contributed by atoms with Crippen LogP contribution in [-0.4, -0.2) is 168 Å². The van der Waals surface area contributed by atoms with Gasteiger partial charge in [0.25, 0.3) is 0 Å². The number of esters is 1. The van der Waals surface area contributed by atoms with Gasteiger partial charge in [0.05, 0.1) is 60.5 Å². The summed E-state index contributed by atoms with van der Waals surface area (Å²) >= 11 is 0. The van der Waals surface area contributed by atoms with Crippen LogP contribution in [0.1, 0.15) is 134 Å². The number of aliphatic hydroxyl groups is 2. The molecule has 6 rings (SSSR count). The van der Waals surface area contributed by atoms with Crippen LogP contribution in [0.5, 0.6) is 0 Å². The molecular weight excluding hydrogens is 921 g/mol. The number of ketones is 1. The molecule has 6 aliphatic rings. The molecule has 2 N–H and O–H groups in total. The van der Waals surface area contributed by atoms with Crippen LogP contribution in [0, 0.1) is 28.6 Å². The Bertz CT molecular complexity index is 1840. The van der Waals surface area contributed by atoms with Crippen molar-refractivity contribution in [2.24, 2.45) is 28.6 Å². The second-order valence-corrected chi connectivity index (χ2v) is 22.7. The average molecular weight is 1010 g/mol. The molecule has 2 heterocycles. The van der Waals surface area contributed by atoms with Gasteiger partial charge in [-0.25, -0.2) is 4.79 Å². The molecule has 2 aliphatic heterocycles. The van der Waals surface area contributed by atoms with Crippen molar-refractivity contribution in [2.75, 3.05) is 55.2 Å². The van der Waals surface area contributed by atoms with E-state index in [0.29, 0.717) is 44.1 Å². The van der Waals surface area contributed by atoms with Crippen molar-refractivity contribution in [3.63, 3.8) is 0 Å². The summed E-state index contributed by atoms with van der Waals surface area (Å²) in [6.07, 6.45) is 3.64. The van der Waals surface area contributed by atoms with E-state index < -0.39 is 89.6 Å². The minimum atomic E-state index is -1.15. The Labute approximate surface area is 423 Å². The SMILES string of the molecule is C/C=C(\C)C(=O)O[C@@H]1CC2C(CC=C3C[C@@H](OCOC(C)(C)C(COC)OCOC(C)(C)C(COC)OC4CC(OC)C(OC5CC(OC)C(O)C(C)O5)C(C)O4)CC[C@@]32C)C2(O)CC[C@H](C(C)=O)C12C. The fourth-order valence-corrected chi connectivity index (χ4v) is 12.9. The van der Waals surface area contributed by atoms with Gasteiger partial charge in [-0.1, -0.05) is 31.6 Å². The van der Waals surface area contributed by atoms with Gasteiger partial charge >= 0.3 is 5.97 Å². The lowest BCUT2D eigenvalue weighted by Gasteiger charge is -2.63. The highest BCUT2D eigenvalue weighted by Crippen LogP contribution is 2.68. The van der Waals surface area contributed by atoms with Crippen LogP contribution in [-0.2, 0) is 71.2 Å². The van der Waals surface area contributed by atoms with Gasteiger partial charge in [-0.15, -0.1) is 0 Å². The number of hydrogen-bond acceptors (Lipinski definition) is 17. The van der Waals surface area contributed by atoms with E-state index in [-0.39, 0.29) is 68.0 Å². The first-order valence-electron chi connectivity index (χ1n) is 26.0. The summed E-state index contributed by atoms with van der Waals surface area (Å²) in [6.45, 7) is 21.3. The van der Waals surface area contributed by atoms with Crippen molar-refractivity contribution in [1.29, 1.82) is 0 Å². The standard InChI is InChI=1S/C54H90O17/c1-16-31(2)49(57)70-42-24-39-38(54(58)22-20-37(32(3)55)53(42,54)11)18-17-35-23-36(19-21-52(35,39)10)63-29-65-50(6,7)43(27-59-12)64-30-66-51(8,9)44(28-60-13)69-45-26-41(62-15)48(34(5)68-45)71-46-25-40(61-14)47(56)33(4)67-46/h16-17,33-34,36-48,56,58H,18-30H2,1-15H3/b31-16+/t33?,34?,36-,37+,38?,39?,40?,41?,42+,43?,44?,45?,46?,47?,48?,52-,53?,54?/m0/s1. The van der Waals surface area contributed by atoms with Gasteiger partial charge in [-0.3, -0.25) is 4.79 Å². The van der Waals surface area contributed by atoms with E-state index in [2.05, 4.69) is 13.0 Å². The van der Waals surface area contributed by atoms with Crippen molar-refractivity contribution in [3.05, 3.63) is 23.3 Å². The molecule has 71 heavy (non-hydrogen) atoms. The van der Waals surface area contributed by atoms with E-state index in [1.54, 1.807) is 55.3 Å². The monoisotopic (exact) mass is 1010 g/mol. The predicted molar refractivity (Wildman–Crippen MR) is 261 cm³/mol. The van der Waals surface area contributed by atoms with Crippen molar-refractivity contribution in [2.45, 2.75) is 224 Å². The smallest absolute Gasteiger partial charge is 0.333 e. The molecule has 0 radical (unpaired) electrons. The summed E-state index contributed by atoms with van der Waals surface area (Å²) in [4.78, 5) is 26.4. The Morgan fingerprint density at radius 2 is 1.48 bits per heavy atom. The highest BCUT2D eigenvalue weighted by molar-refractivity contribution is 5.88. The Balaban J connectivity index is 1.02. The number of carbonyl (C=O) groups is 2. The van der Waals surface area contributed by atoms with Gasteiger partial charge in [-0.2, -0.15) is 0 Å². The molecule has 14 unspecified atom stereocenters. The number of rotatable bonds is 23. The first kappa shape index (κ1) is 58.3. The summed E-state index contributed by atoms with van der Waals surface area (Å²) in [5, 5.41) is 23.2. The maximum Gasteiger partial charge on any atom is 0.333 e. The lowest BCUT2D eigenvalue weighted by molar-refractivity contribution is -0.329. The van der Waals surface area contributed by atoms with Crippen LogP contribution in [0.4, 0.5) is 0 Å². The molecule has 0 amide bonds. The van der Waals surface area contributed by atoms with Crippen LogP contribution >= 0.6 is 0 Å². The molecule has 17 nitrogen and oxygen atoms in total. The molecule has 2 saturated heterocycles. The average Bonchev–Trinajstić information content (AvgIpc) is 3.61. The van der Waals surface area contributed by atoms with Gasteiger partial charge in [0.2, 0.25) is 0 Å². The van der Waals surface area contributed by atoms with Crippen molar-refractivity contribution >= 4 is 11.8 Å². The molecule has 408 valence electrons. The van der Waals surface area contributed by atoms with E-state index in [9.17, 15) is 19.8 Å². The molecule has 0 aromatic carbocycles. The molecule has 0 spiro atoms. The molecule has 17 heteroatoms. The maximum absolute atomic E-state index is 13.3. The van der Waals surface area contributed by atoms with Crippen LogP contribution in [0.2, 0.25) is 0 Å². The lowest BCUT2D eigenvalue weighted by Crippen LogP contribution is -2.66. The van der Waals surface area contributed by atoms with Crippen molar-refractivity contribution in [3.8, 4) is 0 Å². The molecular formula is C54H90O17. The van der Waals surface area contributed by atoms with Gasteiger partial charge in [0, 0.05) is 58.2 Å². The minimum Gasteiger partial charge on any atom is -0.458 e. The third kappa shape index (κ3) is 12.2. The van der Waals surface area contributed by atoms with Crippen LogP contribution in [0.15, 0.2) is 23.3 Å². The quantitative estimate of drug-likeness (QED) is 0.0472. The van der Waals surface area contributed by atoms with Crippen LogP contribution in [0.3, 0.4) is 0 Å².